The molecule has 1 unspecified atom stereocenters. The lowest BCUT2D eigenvalue weighted by molar-refractivity contribution is -0.145. The Kier molecular flexibility index (Phi) is 14.3. The van der Waals surface area contributed by atoms with Gasteiger partial charge in [-0.2, -0.15) is 8.42 Å². The normalized spacial score (nSPS) is 13.0. The van der Waals surface area contributed by atoms with Crippen LogP contribution in [0.15, 0.2) is 0 Å². The monoisotopic (exact) mass is 364 g/mol. The Hall–Kier alpha value is -0.620. The number of carbonyl (C=O) groups is 1. The number of hydrogen-bond acceptors (Lipinski definition) is 4. The predicted molar refractivity (Wildman–Crippen MR) is 97.7 cm³/mol. The summed E-state index contributed by atoms with van der Waals surface area (Å²) in [5.41, 5.74) is 0. The maximum Gasteiger partial charge on any atom is 0.302 e. The van der Waals surface area contributed by atoms with Crippen LogP contribution in [0.25, 0.3) is 0 Å². The van der Waals surface area contributed by atoms with Gasteiger partial charge in [0.15, 0.2) is 0 Å². The van der Waals surface area contributed by atoms with Gasteiger partial charge >= 0.3 is 5.97 Å². The third-order valence-electron chi connectivity index (χ3n) is 4.11. The van der Waals surface area contributed by atoms with Crippen LogP contribution >= 0.6 is 0 Å². The van der Waals surface area contributed by atoms with Crippen molar-refractivity contribution >= 4 is 16.1 Å². The Labute approximate surface area is 148 Å². The molecule has 0 saturated heterocycles. The zero-order valence-electron chi connectivity index (χ0n) is 15.5. The molecule has 0 saturated carbocycles. The van der Waals surface area contributed by atoms with Crippen molar-refractivity contribution in [2.75, 3.05) is 5.75 Å². The summed E-state index contributed by atoms with van der Waals surface area (Å²) in [5, 5.41) is 0. The standard InChI is InChI=1S/C18H36O5S/c1-3-4-5-6-7-8-9-10-11-12-13-14-15-18(23-17(2)19)16-24(20,21)22/h18H,3-16H2,1-2H3,(H,20,21,22). The molecule has 0 aromatic carbocycles. The number of carbonyl (C=O) groups excluding carboxylic acids is 1. The lowest BCUT2D eigenvalue weighted by Gasteiger charge is -2.15. The van der Waals surface area contributed by atoms with Gasteiger partial charge in [-0.15, -0.1) is 0 Å². The molecular formula is C18H36O5S. The topological polar surface area (TPSA) is 80.7 Å². The fourth-order valence-electron chi connectivity index (χ4n) is 2.86. The summed E-state index contributed by atoms with van der Waals surface area (Å²) < 4.78 is 35.6. The van der Waals surface area contributed by atoms with E-state index in [4.69, 9.17) is 9.29 Å². The summed E-state index contributed by atoms with van der Waals surface area (Å²) in [7, 11) is -4.11. The molecule has 144 valence electrons. The molecule has 0 bridgehead atoms. The Morgan fingerprint density at radius 1 is 0.875 bits per heavy atom. The predicted octanol–water partition coefficient (Wildman–Crippen LogP) is 4.90. The van der Waals surface area contributed by atoms with Crippen LogP contribution in [0.2, 0.25) is 0 Å². The second kappa shape index (κ2) is 14.7. The first-order chi connectivity index (χ1) is 11.3. The molecule has 6 heteroatoms. The minimum atomic E-state index is -4.11. The Bertz CT molecular complexity index is 406. The van der Waals surface area contributed by atoms with Gasteiger partial charge in [-0.3, -0.25) is 9.35 Å². The van der Waals surface area contributed by atoms with E-state index in [1.807, 2.05) is 0 Å². The molecule has 0 radical (unpaired) electrons. The summed E-state index contributed by atoms with van der Waals surface area (Å²) in [6.07, 6.45) is 14.5. The largest absolute Gasteiger partial charge is 0.461 e. The molecule has 0 aliphatic rings. The summed E-state index contributed by atoms with van der Waals surface area (Å²) >= 11 is 0. The molecule has 0 aliphatic carbocycles. The van der Waals surface area contributed by atoms with Gasteiger partial charge < -0.3 is 4.74 Å². The number of ether oxygens (including phenoxy) is 1. The fourth-order valence-corrected chi connectivity index (χ4v) is 3.56. The van der Waals surface area contributed by atoms with Crippen molar-refractivity contribution in [1.29, 1.82) is 0 Å². The summed E-state index contributed by atoms with van der Waals surface area (Å²) in [6, 6.07) is 0. The third kappa shape index (κ3) is 17.7. The van der Waals surface area contributed by atoms with Crippen LogP contribution in [0.1, 0.15) is 97.3 Å². The second-order valence-electron chi connectivity index (χ2n) is 6.66. The summed E-state index contributed by atoms with van der Waals surface area (Å²) in [6.45, 7) is 3.48. The van der Waals surface area contributed by atoms with Crippen LogP contribution in [0.3, 0.4) is 0 Å². The van der Waals surface area contributed by atoms with Gasteiger partial charge in [-0.1, -0.05) is 77.6 Å². The van der Waals surface area contributed by atoms with Gasteiger partial charge in [0.1, 0.15) is 11.9 Å². The molecule has 5 nitrogen and oxygen atoms in total. The highest BCUT2D eigenvalue weighted by Crippen LogP contribution is 2.14. The van der Waals surface area contributed by atoms with E-state index in [1.54, 1.807) is 0 Å². The van der Waals surface area contributed by atoms with Crippen LogP contribution < -0.4 is 0 Å². The molecular weight excluding hydrogens is 328 g/mol. The van der Waals surface area contributed by atoms with Crippen molar-refractivity contribution in [3.05, 3.63) is 0 Å². The van der Waals surface area contributed by atoms with Crippen LogP contribution in [0, 0.1) is 0 Å². The smallest absolute Gasteiger partial charge is 0.302 e. The van der Waals surface area contributed by atoms with Gasteiger partial charge in [-0.25, -0.2) is 0 Å². The lowest BCUT2D eigenvalue weighted by atomic mass is 10.0. The SMILES string of the molecule is CCCCCCCCCCCCCCC(CS(=O)(=O)O)OC(C)=O. The molecule has 24 heavy (non-hydrogen) atoms. The first kappa shape index (κ1) is 23.4. The quantitative estimate of drug-likeness (QED) is 0.239. The second-order valence-corrected chi connectivity index (χ2v) is 8.15. The maximum atomic E-state index is 11.0. The molecule has 0 spiro atoms. The Morgan fingerprint density at radius 3 is 1.67 bits per heavy atom. The molecule has 1 atom stereocenters. The average Bonchev–Trinajstić information content (AvgIpc) is 2.46. The van der Waals surface area contributed by atoms with Crippen molar-refractivity contribution in [1.82, 2.24) is 0 Å². The van der Waals surface area contributed by atoms with E-state index in [0.29, 0.717) is 6.42 Å². The van der Waals surface area contributed by atoms with E-state index in [1.165, 1.54) is 64.7 Å². The maximum absolute atomic E-state index is 11.0. The first-order valence-electron chi connectivity index (χ1n) is 9.47. The highest BCUT2D eigenvalue weighted by Gasteiger charge is 2.19. The van der Waals surface area contributed by atoms with Crippen molar-refractivity contribution in [2.24, 2.45) is 0 Å². The lowest BCUT2D eigenvalue weighted by Crippen LogP contribution is -2.25. The minimum absolute atomic E-state index is 0.483. The fraction of sp³-hybridized carbons (Fsp3) is 0.944. The van der Waals surface area contributed by atoms with E-state index >= 15 is 0 Å². The highest BCUT2D eigenvalue weighted by molar-refractivity contribution is 7.85. The van der Waals surface area contributed by atoms with Crippen molar-refractivity contribution < 1.29 is 22.5 Å². The van der Waals surface area contributed by atoms with Crippen LogP contribution in [0.5, 0.6) is 0 Å². The van der Waals surface area contributed by atoms with E-state index in [9.17, 15) is 13.2 Å². The zero-order chi connectivity index (χ0) is 18.3. The number of unbranched alkanes of at least 4 members (excludes halogenated alkanes) is 11. The van der Waals surface area contributed by atoms with Crippen LogP contribution in [0.4, 0.5) is 0 Å². The van der Waals surface area contributed by atoms with E-state index in [-0.39, 0.29) is 0 Å². The van der Waals surface area contributed by atoms with Gasteiger partial charge in [-0.05, 0) is 12.8 Å². The molecule has 0 aromatic heterocycles. The van der Waals surface area contributed by atoms with Crippen LogP contribution in [-0.2, 0) is 19.6 Å². The molecule has 0 aromatic rings. The average molecular weight is 365 g/mol. The molecule has 0 amide bonds. The summed E-state index contributed by atoms with van der Waals surface area (Å²) in [5.74, 6) is -1.02. The molecule has 0 aliphatic heterocycles. The Morgan fingerprint density at radius 2 is 1.29 bits per heavy atom. The number of hydrogen-bond donors (Lipinski definition) is 1. The van der Waals surface area contributed by atoms with E-state index < -0.39 is 27.9 Å². The van der Waals surface area contributed by atoms with Crippen molar-refractivity contribution in [2.45, 2.75) is 103 Å². The van der Waals surface area contributed by atoms with Gasteiger partial charge in [0.05, 0.1) is 0 Å². The molecule has 0 rings (SSSR count). The van der Waals surface area contributed by atoms with Gasteiger partial charge in [0.2, 0.25) is 0 Å². The van der Waals surface area contributed by atoms with E-state index in [0.717, 1.165) is 19.3 Å². The van der Waals surface area contributed by atoms with Crippen molar-refractivity contribution in [3.63, 3.8) is 0 Å². The van der Waals surface area contributed by atoms with Crippen molar-refractivity contribution in [3.8, 4) is 0 Å². The molecule has 0 heterocycles. The Balaban J connectivity index is 3.56. The summed E-state index contributed by atoms with van der Waals surface area (Å²) in [4.78, 5) is 11.0. The number of esters is 1. The highest BCUT2D eigenvalue weighted by atomic mass is 32.2. The minimum Gasteiger partial charge on any atom is -0.461 e. The molecule has 0 fully saturated rings. The third-order valence-corrected chi connectivity index (χ3v) is 4.90. The zero-order valence-corrected chi connectivity index (χ0v) is 16.3. The number of rotatable bonds is 16. The van der Waals surface area contributed by atoms with Gasteiger partial charge in [0, 0.05) is 6.92 Å². The van der Waals surface area contributed by atoms with Gasteiger partial charge in [0.25, 0.3) is 10.1 Å². The first-order valence-corrected chi connectivity index (χ1v) is 11.1. The van der Waals surface area contributed by atoms with Crippen LogP contribution in [-0.4, -0.2) is 30.8 Å². The molecule has 1 N–H and O–H groups in total. The van der Waals surface area contributed by atoms with E-state index in [2.05, 4.69) is 6.92 Å².